The highest BCUT2D eigenvalue weighted by Crippen LogP contribution is 2.29. The second-order valence-corrected chi connectivity index (χ2v) is 8.31. The predicted molar refractivity (Wildman–Crippen MR) is 127 cm³/mol. The number of hydrogen-bond donors (Lipinski definition) is 1. The number of amides is 1. The van der Waals surface area contributed by atoms with Crippen molar-refractivity contribution in [3.63, 3.8) is 0 Å². The van der Waals surface area contributed by atoms with E-state index in [1.54, 1.807) is 49.4 Å². The quantitative estimate of drug-likeness (QED) is 0.381. The van der Waals surface area contributed by atoms with Crippen LogP contribution in [-0.4, -0.2) is 20.4 Å². The molecule has 0 saturated heterocycles. The molecule has 3 aromatic carbocycles. The Kier molecular flexibility index (Phi) is 5.46. The first-order valence-corrected chi connectivity index (χ1v) is 11.1. The molecule has 1 amide bonds. The van der Waals surface area contributed by atoms with E-state index in [2.05, 4.69) is 15.3 Å². The van der Waals surface area contributed by atoms with E-state index in [4.69, 9.17) is 0 Å². The second kappa shape index (κ2) is 8.60. The third kappa shape index (κ3) is 3.86. The summed E-state index contributed by atoms with van der Waals surface area (Å²) in [6, 6.07) is 17.1. The minimum Gasteiger partial charge on any atom is -0.298 e. The maximum atomic E-state index is 14.0. The Morgan fingerprint density at radius 1 is 0.941 bits per heavy atom. The molecule has 2 heterocycles. The van der Waals surface area contributed by atoms with E-state index >= 15 is 0 Å². The number of nitrogens with one attached hydrogen (secondary N) is 1. The summed E-state index contributed by atoms with van der Waals surface area (Å²) in [6.07, 6.45) is 0. The lowest BCUT2D eigenvalue weighted by molar-refractivity contribution is 0.102. The van der Waals surface area contributed by atoms with Gasteiger partial charge in [-0.2, -0.15) is 0 Å². The number of halogens is 2. The normalized spacial score (nSPS) is 11.0. The SMILES string of the molecule is Cc1nc2ccccc2c(=O)n1-c1ccc(C(=O)Nc2nc(-c3c(F)cccc3F)cs2)cc1. The van der Waals surface area contributed by atoms with Crippen molar-refractivity contribution >= 4 is 33.3 Å². The molecule has 0 bridgehead atoms. The van der Waals surface area contributed by atoms with Crippen LogP contribution < -0.4 is 10.9 Å². The lowest BCUT2D eigenvalue weighted by Crippen LogP contribution is -2.22. The predicted octanol–water partition coefficient (Wildman–Crippen LogP) is 5.35. The van der Waals surface area contributed by atoms with Gasteiger partial charge in [0.15, 0.2) is 5.13 Å². The van der Waals surface area contributed by atoms with Crippen LogP contribution in [0.4, 0.5) is 13.9 Å². The Labute approximate surface area is 196 Å². The van der Waals surface area contributed by atoms with Crippen LogP contribution in [0.3, 0.4) is 0 Å². The van der Waals surface area contributed by atoms with E-state index in [9.17, 15) is 18.4 Å². The largest absolute Gasteiger partial charge is 0.298 e. The standard InChI is InChI=1S/C25H16F2N4O2S/c1-14-28-20-8-3-2-5-17(20)24(33)31(14)16-11-9-15(10-12-16)23(32)30-25-29-21(13-34-25)22-18(26)6-4-7-19(22)27/h2-13H,1H3,(H,29,30,32). The molecule has 0 fully saturated rings. The smallest absolute Gasteiger partial charge is 0.265 e. The molecule has 1 N–H and O–H groups in total. The molecular weight excluding hydrogens is 458 g/mol. The van der Waals surface area contributed by atoms with Crippen molar-refractivity contribution in [2.75, 3.05) is 5.32 Å². The number of hydrogen-bond acceptors (Lipinski definition) is 5. The van der Waals surface area contributed by atoms with Crippen LogP contribution in [0.5, 0.6) is 0 Å². The molecule has 0 saturated carbocycles. The Balaban J connectivity index is 1.39. The average molecular weight is 474 g/mol. The Hall–Kier alpha value is -4.24. The van der Waals surface area contributed by atoms with Crippen LogP contribution in [0.1, 0.15) is 16.2 Å². The van der Waals surface area contributed by atoms with Crippen molar-refractivity contribution in [3.8, 4) is 16.9 Å². The number of thiazole rings is 1. The van der Waals surface area contributed by atoms with E-state index in [-0.39, 0.29) is 21.9 Å². The summed E-state index contributed by atoms with van der Waals surface area (Å²) in [4.78, 5) is 34.3. The van der Waals surface area contributed by atoms with Gasteiger partial charge in [0, 0.05) is 10.9 Å². The van der Waals surface area contributed by atoms with Gasteiger partial charge in [0.05, 0.1) is 27.8 Å². The van der Waals surface area contributed by atoms with Crippen molar-refractivity contribution in [3.05, 3.63) is 105 Å². The topological polar surface area (TPSA) is 76.9 Å². The highest BCUT2D eigenvalue weighted by molar-refractivity contribution is 7.14. The van der Waals surface area contributed by atoms with Gasteiger partial charge in [0.1, 0.15) is 17.5 Å². The van der Waals surface area contributed by atoms with Gasteiger partial charge in [-0.15, -0.1) is 11.3 Å². The fourth-order valence-corrected chi connectivity index (χ4v) is 4.36. The van der Waals surface area contributed by atoms with Gasteiger partial charge >= 0.3 is 0 Å². The van der Waals surface area contributed by atoms with Crippen LogP contribution in [0.2, 0.25) is 0 Å². The van der Waals surface area contributed by atoms with Gasteiger partial charge in [-0.1, -0.05) is 18.2 Å². The highest BCUT2D eigenvalue weighted by Gasteiger charge is 2.16. The lowest BCUT2D eigenvalue weighted by Gasteiger charge is -2.11. The third-order valence-corrected chi connectivity index (χ3v) is 6.03. The molecule has 5 aromatic rings. The van der Waals surface area contributed by atoms with E-state index in [1.807, 2.05) is 6.07 Å². The minimum atomic E-state index is -0.729. The van der Waals surface area contributed by atoms with Crippen LogP contribution in [-0.2, 0) is 0 Å². The summed E-state index contributed by atoms with van der Waals surface area (Å²) in [5, 5.41) is 4.82. The summed E-state index contributed by atoms with van der Waals surface area (Å²) >= 11 is 1.06. The first-order chi connectivity index (χ1) is 16.4. The van der Waals surface area contributed by atoms with E-state index < -0.39 is 17.5 Å². The number of carbonyl (C=O) groups excluding carboxylic acids is 1. The molecule has 5 rings (SSSR count). The van der Waals surface area contributed by atoms with Crippen LogP contribution in [0.15, 0.2) is 76.9 Å². The van der Waals surface area contributed by atoms with Crippen molar-refractivity contribution in [1.82, 2.24) is 14.5 Å². The molecule has 0 unspecified atom stereocenters. The molecule has 0 aliphatic heterocycles. The maximum Gasteiger partial charge on any atom is 0.265 e. The van der Waals surface area contributed by atoms with Crippen molar-refractivity contribution in [2.45, 2.75) is 6.92 Å². The molecule has 168 valence electrons. The summed E-state index contributed by atoms with van der Waals surface area (Å²) in [7, 11) is 0. The maximum absolute atomic E-state index is 14.0. The van der Waals surface area contributed by atoms with Crippen LogP contribution >= 0.6 is 11.3 Å². The zero-order valence-electron chi connectivity index (χ0n) is 17.8. The molecule has 6 nitrogen and oxygen atoms in total. The van der Waals surface area contributed by atoms with Gasteiger partial charge in [-0.3, -0.25) is 19.5 Å². The molecule has 9 heteroatoms. The second-order valence-electron chi connectivity index (χ2n) is 7.45. The fraction of sp³-hybridized carbons (Fsp3) is 0.0400. The van der Waals surface area contributed by atoms with E-state index in [1.165, 1.54) is 16.0 Å². The number of fused-ring (bicyclic) bond motifs is 1. The summed E-state index contributed by atoms with van der Waals surface area (Å²) in [5.74, 6) is -1.38. The molecule has 0 radical (unpaired) electrons. The lowest BCUT2D eigenvalue weighted by atomic mass is 10.1. The minimum absolute atomic E-state index is 0.102. The van der Waals surface area contributed by atoms with Gasteiger partial charge in [0.25, 0.3) is 11.5 Å². The summed E-state index contributed by atoms with van der Waals surface area (Å²) in [6.45, 7) is 1.74. The van der Waals surface area contributed by atoms with Gasteiger partial charge in [-0.05, 0) is 55.5 Å². The van der Waals surface area contributed by atoms with Gasteiger partial charge in [-0.25, -0.2) is 18.7 Å². The summed E-state index contributed by atoms with van der Waals surface area (Å²) < 4.78 is 29.5. The molecule has 34 heavy (non-hydrogen) atoms. The molecule has 0 spiro atoms. The average Bonchev–Trinajstić information content (AvgIpc) is 3.27. The Bertz CT molecular complexity index is 1590. The summed E-state index contributed by atoms with van der Waals surface area (Å²) in [5.41, 5.74) is 1.19. The molecule has 2 aromatic heterocycles. The monoisotopic (exact) mass is 474 g/mol. The molecule has 0 aliphatic rings. The molecule has 0 aliphatic carbocycles. The number of aryl methyl sites for hydroxylation is 1. The third-order valence-electron chi connectivity index (χ3n) is 5.27. The van der Waals surface area contributed by atoms with Gasteiger partial charge in [0.2, 0.25) is 0 Å². The fourth-order valence-electron chi connectivity index (χ4n) is 3.67. The number of benzene rings is 3. The van der Waals surface area contributed by atoms with Crippen molar-refractivity contribution in [2.24, 2.45) is 0 Å². The Morgan fingerprint density at radius 2 is 1.65 bits per heavy atom. The van der Waals surface area contributed by atoms with Crippen LogP contribution in [0, 0.1) is 18.6 Å². The van der Waals surface area contributed by atoms with Crippen molar-refractivity contribution in [1.29, 1.82) is 0 Å². The zero-order chi connectivity index (χ0) is 23.8. The first-order valence-electron chi connectivity index (χ1n) is 10.2. The molecular formula is C25H16F2N4O2S. The highest BCUT2D eigenvalue weighted by atomic mass is 32.1. The number of carbonyl (C=O) groups is 1. The van der Waals surface area contributed by atoms with E-state index in [0.717, 1.165) is 23.5 Å². The number of aromatic nitrogens is 3. The number of rotatable bonds is 4. The number of para-hydroxylation sites is 1. The van der Waals surface area contributed by atoms with Crippen molar-refractivity contribution < 1.29 is 13.6 Å². The first kappa shape index (κ1) is 21.6. The number of nitrogens with zero attached hydrogens (tertiary/aromatic N) is 3. The van der Waals surface area contributed by atoms with Crippen LogP contribution in [0.25, 0.3) is 27.8 Å². The Morgan fingerprint density at radius 3 is 2.38 bits per heavy atom. The number of anilines is 1. The van der Waals surface area contributed by atoms with E-state index in [0.29, 0.717) is 28.0 Å². The molecule has 0 atom stereocenters. The zero-order valence-corrected chi connectivity index (χ0v) is 18.6. The van der Waals surface area contributed by atoms with Gasteiger partial charge < -0.3 is 0 Å².